The van der Waals surface area contributed by atoms with E-state index in [-0.39, 0.29) is 38.6 Å². The van der Waals surface area contributed by atoms with E-state index >= 15 is 0 Å². The van der Waals surface area contributed by atoms with E-state index in [4.69, 9.17) is 24.3 Å². The molecule has 0 amide bonds. The summed E-state index contributed by atoms with van der Waals surface area (Å²) in [6.07, 6.45) is 36.6. The van der Waals surface area contributed by atoms with Gasteiger partial charge in [0.15, 0.2) is 6.10 Å². The first-order chi connectivity index (χ1) is 24.3. The van der Waals surface area contributed by atoms with Gasteiger partial charge < -0.3 is 20.1 Å². The van der Waals surface area contributed by atoms with Crippen molar-refractivity contribution in [1.82, 2.24) is 0 Å². The summed E-state index contributed by atoms with van der Waals surface area (Å²) < 4.78 is 32.7. The molecule has 0 saturated carbocycles. The topological polar surface area (TPSA) is 134 Å². The van der Waals surface area contributed by atoms with Crippen LogP contribution in [0, 0.1) is 0 Å². The van der Waals surface area contributed by atoms with Gasteiger partial charge in [0.25, 0.3) is 0 Å². The minimum Gasteiger partial charge on any atom is -0.462 e. The minimum atomic E-state index is -4.37. The maximum absolute atomic E-state index is 12.5. The summed E-state index contributed by atoms with van der Waals surface area (Å²) in [6.45, 7) is 3.72. The van der Waals surface area contributed by atoms with E-state index in [1.807, 2.05) is 0 Å². The van der Waals surface area contributed by atoms with E-state index < -0.39 is 26.5 Å². The second kappa shape index (κ2) is 37.5. The fourth-order valence-corrected chi connectivity index (χ4v) is 6.56. The summed E-state index contributed by atoms with van der Waals surface area (Å²) >= 11 is 0. The Morgan fingerprint density at radius 3 is 1.48 bits per heavy atom. The second-order valence-electron chi connectivity index (χ2n) is 13.9. The Labute approximate surface area is 307 Å². The summed E-state index contributed by atoms with van der Waals surface area (Å²) in [4.78, 5) is 34.8. The maximum Gasteiger partial charge on any atom is 0.472 e. The summed E-state index contributed by atoms with van der Waals surface area (Å²) in [7, 11) is -4.37. The van der Waals surface area contributed by atoms with Crippen LogP contribution in [0.5, 0.6) is 0 Å². The molecular weight excluding hydrogens is 653 g/mol. The third-order valence-electron chi connectivity index (χ3n) is 8.90. The molecule has 1 unspecified atom stereocenters. The van der Waals surface area contributed by atoms with Gasteiger partial charge in [-0.25, -0.2) is 4.57 Å². The molecule has 0 aliphatic carbocycles. The largest absolute Gasteiger partial charge is 0.472 e. The number of nitrogens with two attached hydrogens (primary N) is 1. The average molecular weight is 732 g/mol. The fraction of sp³-hybridized carbons (Fsp3) is 0.900. The normalized spacial score (nSPS) is 13.4. The van der Waals surface area contributed by atoms with Gasteiger partial charge in [-0.1, -0.05) is 167 Å². The van der Waals surface area contributed by atoms with Gasteiger partial charge in [0.05, 0.1) is 13.2 Å². The van der Waals surface area contributed by atoms with Crippen LogP contribution in [0.2, 0.25) is 0 Å². The van der Waals surface area contributed by atoms with Crippen molar-refractivity contribution < 1.29 is 37.6 Å². The Balaban J connectivity index is 4.15. The second-order valence-corrected chi connectivity index (χ2v) is 15.3. The van der Waals surface area contributed by atoms with Crippen molar-refractivity contribution in [2.75, 3.05) is 26.4 Å². The van der Waals surface area contributed by atoms with E-state index in [2.05, 4.69) is 26.0 Å². The molecular formula is C40H78NO8P. The number of allylic oxidation sites excluding steroid dienone is 2. The molecule has 0 rings (SSSR count). The Bertz CT molecular complexity index is 840. The molecule has 0 bridgehead atoms. The number of phosphoric ester groups is 1. The van der Waals surface area contributed by atoms with Gasteiger partial charge >= 0.3 is 19.8 Å². The number of rotatable bonds is 39. The van der Waals surface area contributed by atoms with Gasteiger partial charge in [-0.05, 0) is 32.1 Å². The van der Waals surface area contributed by atoms with Crippen molar-refractivity contribution in [1.29, 1.82) is 0 Å². The highest BCUT2D eigenvalue weighted by atomic mass is 31.2. The molecule has 9 nitrogen and oxygen atoms in total. The van der Waals surface area contributed by atoms with Crippen LogP contribution < -0.4 is 5.73 Å². The van der Waals surface area contributed by atoms with Crippen LogP contribution in [0.3, 0.4) is 0 Å². The lowest BCUT2D eigenvalue weighted by molar-refractivity contribution is -0.161. The van der Waals surface area contributed by atoms with Crippen LogP contribution in [-0.4, -0.2) is 49.3 Å². The number of carbonyl (C=O) groups excluding carboxylic acids is 2. The van der Waals surface area contributed by atoms with Crippen LogP contribution in [0.25, 0.3) is 0 Å². The van der Waals surface area contributed by atoms with Crippen LogP contribution >= 0.6 is 7.82 Å². The molecule has 0 aromatic carbocycles. The summed E-state index contributed by atoms with van der Waals surface area (Å²) in [5.41, 5.74) is 5.34. The van der Waals surface area contributed by atoms with Crippen LogP contribution in [0.15, 0.2) is 12.2 Å². The van der Waals surface area contributed by atoms with Crippen molar-refractivity contribution in [2.45, 2.75) is 206 Å². The van der Waals surface area contributed by atoms with Crippen molar-refractivity contribution in [3.05, 3.63) is 12.2 Å². The number of unbranched alkanes of at least 4 members (excludes halogenated alkanes) is 24. The highest BCUT2D eigenvalue weighted by molar-refractivity contribution is 7.47. The van der Waals surface area contributed by atoms with E-state index in [1.54, 1.807) is 0 Å². The van der Waals surface area contributed by atoms with Gasteiger partial charge in [-0.15, -0.1) is 0 Å². The van der Waals surface area contributed by atoms with E-state index in [1.165, 1.54) is 128 Å². The number of ether oxygens (including phenoxy) is 2. The van der Waals surface area contributed by atoms with Crippen molar-refractivity contribution >= 4 is 19.8 Å². The third kappa shape index (κ3) is 36.5. The van der Waals surface area contributed by atoms with Crippen LogP contribution in [-0.2, 0) is 32.7 Å². The molecule has 0 radical (unpaired) electrons. The molecule has 0 heterocycles. The van der Waals surface area contributed by atoms with Gasteiger partial charge in [-0.3, -0.25) is 18.6 Å². The number of esters is 2. The van der Waals surface area contributed by atoms with E-state index in [9.17, 15) is 19.0 Å². The van der Waals surface area contributed by atoms with Crippen LogP contribution in [0.4, 0.5) is 0 Å². The molecule has 2 atom stereocenters. The van der Waals surface area contributed by atoms with Gasteiger partial charge in [-0.2, -0.15) is 0 Å². The first kappa shape index (κ1) is 48.8. The summed E-state index contributed by atoms with van der Waals surface area (Å²) in [5.74, 6) is -0.822. The minimum absolute atomic E-state index is 0.0558. The molecule has 296 valence electrons. The summed E-state index contributed by atoms with van der Waals surface area (Å²) in [6, 6.07) is 0. The Hall–Kier alpha value is -1.25. The zero-order valence-corrected chi connectivity index (χ0v) is 33.3. The number of phosphoric acid groups is 1. The monoisotopic (exact) mass is 732 g/mol. The molecule has 0 aliphatic rings. The Morgan fingerprint density at radius 2 is 1.00 bits per heavy atom. The van der Waals surface area contributed by atoms with Gasteiger partial charge in [0, 0.05) is 19.4 Å². The predicted molar refractivity (Wildman–Crippen MR) is 206 cm³/mol. The molecule has 0 aliphatic heterocycles. The molecule has 50 heavy (non-hydrogen) atoms. The fourth-order valence-electron chi connectivity index (χ4n) is 5.79. The van der Waals surface area contributed by atoms with Gasteiger partial charge in [0.1, 0.15) is 6.61 Å². The standard InChI is InChI=1S/C40H78NO8P/c1-3-5-7-9-11-13-15-17-19-21-23-25-27-29-31-33-40(43)49-38(37-48-50(44,45)47-35-34-41)36-46-39(42)32-30-28-26-24-22-20-18-16-14-12-10-8-6-4-2/h9,11,38H,3-8,10,12-37,41H2,1-2H3,(H,44,45)/b11-9+/t38-/m1/s1. The van der Waals surface area contributed by atoms with Gasteiger partial charge in [0.2, 0.25) is 0 Å². The maximum atomic E-state index is 12.5. The zero-order valence-electron chi connectivity index (χ0n) is 32.4. The van der Waals surface area contributed by atoms with E-state index in [0.717, 1.165) is 38.5 Å². The first-order valence-corrected chi connectivity index (χ1v) is 22.2. The zero-order chi connectivity index (χ0) is 36.8. The SMILES string of the molecule is CCCC/C=C/CCCCCCCCCCCC(=O)O[C@H](COC(=O)CCCCCCCCCCCCCCCC)COP(=O)(O)OCCN. The number of hydrogen-bond donors (Lipinski definition) is 2. The van der Waals surface area contributed by atoms with Crippen molar-refractivity contribution in [2.24, 2.45) is 5.73 Å². The summed E-state index contributed by atoms with van der Waals surface area (Å²) in [5, 5.41) is 0. The molecule has 3 N–H and O–H groups in total. The van der Waals surface area contributed by atoms with Crippen molar-refractivity contribution in [3.63, 3.8) is 0 Å². The highest BCUT2D eigenvalue weighted by Gasteiger charge is 2.26. The predicted octanol–water partition coefficient (Wildman–Crippen LogP) is 11.4. The average Bonchev–Trinajstić information content (AvgIpc) is 3.10. The first-order valence-electron chi connectivity index (χ1n) is 20.7. The quantitative estimate of drug-likeness (QED) is 0.0274. The molecule has 0 saturated heterocycles. The molecule has 0 aromatic heterocycles. The lowest BCUT2D eigenvalue weighted by atomic mass is 10.0. The lowest BCUT2D eigenvalue weighted by Gasteiger charge is -2.19. The molecule has 0 spiro atoms. The smallest absolute Gasteiger partial charge is 0.462 e. The molecule has 0 aromatic rings. The molecule has 10 heteroatoms. The highest BCUT2D eigenvalue weighted by Crippen LogP contribution is 2.43. The number of hydrogen-bond acceptors (Lipinski definition) is 8. The lowest BCUT2D eigenvalue weighted by Crippen LogP contribution is -2.29. The third-order valence-corrected chi connectivity index (χ3v) is 9.89. The molecule has 0 fully saturated rings. The van der Waals surface area contributed by atoms with Crippen molar-refractivity contribution in [3.8, 4) is 0 Å². The number of carbonyl (C=O) groups is 2. The van der Waals surface area contributed by atoms with E-state index in [0.29, 0.717) is 6.42 Å². The van der Waals surface area contributed by atoms with Crippen LogP contribution in [0.1, 0.15) is 200 Å². The Kier molecular flexibility index (Phi) is 36.6. The Morgan fingerprint density at radius 1 is 0.580 bits per heavy atom.